The fourth-order valence-corrected chi connectivity index (χ4v) is 5.26. The molecular formula is C29H31ClFN5O2. The predicted molar refractivity (Wildman–Crippen MR) is 150 cm³/mol. The molecule has 3 heterocycles. The molecule has 0 saturated carbocycles. The van der Waals surface area contributed by atoms with Crippen LogP contribution in [0.5, 0.6) is 5.75 Å². The number of aryl methyl sites for hydroxylation is 1. The average Bonchev–Trinajstić information content (AvgIpc) is 3.23. The first-order valence-electron chi connectivity index (χ1n) is 12.7. The van der Waals surface area contributed by atoms with E-state index in [0.29, 0.717) is 38.9 Å². The van der Waals surface area contributed by atoms with Crippen molar-refractivity contribution in [3.05, 3.63) is 82.4 Å². The Bertz CT molecular complexity index is 1520. The van der Waals surface area contributed by atoms with Gasteiger partial charge in [-0.25, -0.2) is 14.2 Å². The molecule has 1 aliphatic heterocycles. The van der Waals surface area contributed by atoms with E-state index in [1.807, 2.05) is 6.07 Å². The maximum absolute atomic E-state index is 14.9. The van der Waals surface area contributed by atoms with Gasteiger partial charge in [-0.2, -0.15) is 0 Å². The number of benzene rings is 2. The first kappa shape index (κ1) is 26.0. The number of anilines is 1. The van der Waals surface area contributed by atoms with Gasteiger partial charge in [0.25, 0.3) is 0 Å². The Hall–Kier alpha value is -3.62. The highest BCUT2D eigenvalue weighted by Gasteiger charge is 2.20. The van der Waals surface area contributed by atoms with E-state index >= 15 is 0 Å². The van der Waals surface area contributed by atoms with Crippen LogP contribution in [0.1, 0.15) is 13.8 Å². The molecule has 2 aromatic carbocycles. The van der Waals surface area contributed by atoms with E-state index in [1.54, 1.807) is 49.9 Å². The van der Waals surface area contributed by atoms with Gasteiger partial charge in [0.2, 0.25) is 0 Å². The van der Waals surface area contributed by atoms with Crippen LogP contribution in [-0.2, 0) is 7.05 Å². The Balaban J connectivity index is 1.45. The normalized spacial score (nSPS) is 14.4. The number of aromatic nitrogens is 3. The molecule has 0 unspecified atom stereocenters. The van der Waals surface area contributed by atoms with Crippen LogP contribution in [0.25, 0.3) is 27.9 Å². The Morgan fingerprint density at radius 3 is 2.29 bits per heavy atom. The number of imidazole rings is 1. The molecule has 198 valence electrons. The fourth-order valence-electron chi connectivity index (χ4n) is 4.99. The van der Waals surface area contributed by atoms with Gasteiger partial charge in [0.05, 0.1) is 10.7 Å². The van der Waals surface area contributed by atoms with E-state index in [0.717, 1.165) is 38.5 Å². The number of rotatable bonds is 6. The summed E-state index contributed by atoms with van der Waals surface area (Å²) in [4.78, 5) is 21.6. The first-order chi connectivity index (χ1) is 18.2. The number of piperazine rings is 1. The van der Waals surface area contributed by atoms with Crippen molar-refractivity contribution in [2.75, 3.05) is 37.6 Å². The van der Waals surface area contributed by atoms with E-state index in [9.17, 15) is 14.3 Å². The Labute approximate surface area is 226 Å². The van der Waals surface area contributed by atoms with Crippen LogP contribution in [0.15, 0.2) is 65.8 Å². The summed E-state index contributed by atoms with van der Waals surface area (Å²) in [6, 6.07) is 11.3. The van der Waals surface area contributed by atoms with Crippen LogP contribution in [0, 0.1) is 11.7 Å². The molecule has 0 radical (unpaired) electrons. The molecule has 0 aliphatic carbocycles. The third kappa shape index (κ3) is 5.19. The maximum atomic E-state index is 14.9. The SMILES string of the molecule is CC(C)CN1CCN(c2cc(-c3cc(F)cc(-c4ccc(-n5ccn(C)c5=O)c(Cl)c4)c3O)ccn2)CC1. The summed E-state index contributed by atoms with van der Waals surface area (Å²) in [5.41, 5.74) is 2.18. The molecular weight excluding hydrogens is 505 g/mol. The van der Waals surface area contributed by atoms with Gasteiger partial charge in [0.1, 0.15) is 17.4 Å². The van der Waals surface area contributed by atoms with Crippen LogP contribution in [0.3, 0.4) is 0 Å². The van der Waals surface area contributed by atoms with Gasteiger partial charge in [-0.15, -0.1) is 0 Å². The van der Waals surface area contributed by atoms with E-state index in [4.69, 9.17) is 11.6 Å². The summed E-state index contributed by atoms with van der Waals surface area (Å²) in [7, 11) is 1.66. The van der Waals surface area contributed by atoms with Gasteiger partial charge in [-0.1, -0.05) is 31.5 Å². The van der Waals surface area contributed by atoms with Crippen LogP contribution < -0.4 is 10.6 Å². The van der Waals surface area contributed by atoms with Crippen molar-refractivity contribution >= 4 is 17.4 Å². The van der Waals surface area contributed by atoms with Gasteiger partial charge < -0.3 is 14.6 Å². The lowest BCUT2D eigenvalue weighted by atomic mass is 9.97. The molecule has 0 amide bonds. The Morgan fingerprint density at radius 2 is 1.68 bits per heavy atom. The minimum absolute atomic E-state index is 0.0500. The number of halogens is 2. The van der Waals surface area contributed by atoms with Crippen molar-refractivity contribution in [2.45, 2.75) is 13.8 Å². The number of aromatic hydroxyl groups is 1. The highest BCUT2D eigenvalue weighted by molar-refractivity contribution is 6.32. The second-order valence-electron chi connectivity index (χ2n) is 10.2. The van der Waals surface area contributed by atoms with Crippen LogP contribution in [-0.4, -0.2) is 56.8 Å². The van der Waals surface area contributed by atoms with Crippen molar-refractivity contribution < 1.29 is 9.50 Å². The van der Waals surface area contributed by atoms with Gasteiger partial charge >= 0.3 is 5.69 Å². The molecule has 0 spiro atoms. The van der Waals surface area contributed by atoms with Crippen LogP contribution >= 0.6 is 11.6 Å². The second kappa shape index (κ2) is 10.6. The summed E-state index contributed by atoms with van der Waals surface area (Å²) < 4.78 is 17.7. The van der Waals surface area contributed by atoms with Gasteiger partial charge in [-0.3, -0.25) is 9.47 Å². The molecule has 4 aromatic rings. The van der Waals surface area contributed by atoms with Gasteiger partial charge in [0, 0.05) is 69.5 Å². The largest absolute Gasteiger partial charge is 0.507 e. The highest BCUT2D eigenvalue weighted by atomic mass is 35.5. The van der Waals surface area contributed by atoms with Crippen LogP contribution in [0.4, 0.5) is 10.2 Å². The Morgan fingerprint density at radius 1 is 1.00 bits per heavy atom. The molecule has 1 aliphatic rings. The molecule has 7 nitrogen and oxygen atoms in total. The number of pyridine rings is 1. The highest BCUT2D eigenvalue weighted by Crippen LogP contribution is 2.41. The summed E-state index contributed by atoms with van der Waals surface area (Å²) in [5.74, 6) is 0.900. The van der Waals surface area contributed by atoms with E-state index in [-0.39, 0.29) is 11.4 Å². The Kier molecular flexibility index (Phi) is 7.27. The lowest BCUT2D eigenvalue weighted by Gasteiger charge is -2.36. The molecule has 0 bridgehead atoms. The average molecular weight is 536 g/mol. The van der Waals surface area contributed by atoms with Crippen LogP contribution in [0.2, 0.25) is 5.02 Å². The molecule has 1 saturated heterocycles. The molecule has 1 N–H and O–H groups in total. The monoisotopic (exact) mass is 535 g/mol. The smallest absolute Gasteiger partial charge is 0.332 e. The quantitative estimate of drug-likeness (QED) is 0.368. The number of phenolic OH excluding ortho intramolecular Hbond substituents is 1. The molecule has 2 aromatic heterocycles. The summed E-state index contributed by atoms with van der Waals surface area (Å²) in [6.45, 7) is 9.18. The first-order valence-corrected chi connectivity index (χ1v) is 13.1. The van der Waals surface area contributed by atoms with E-state index in [2.05, 4.69) is 28.6 Å². The number of hydrogen-bond donors (Lipinski definition) is 1. The number of nitrogens with zero attached hydrogens (tertiary/aromatic N) is 5. The number of hydrogen-bond acceptors (Lipinski definition) is 5. The molecule has 0 atom stereocenters. The lowest BCUT2D eigenvalue weighted by molar-refractivity contribution is 0.231. The van der Waals surface area contributed by atoms with Crippen molar-refractivity contribution in [1.29, 1.82) is 0 Å². The van der Waals surface area contributed by atoms with Crippen molar-refractivity contribution in [3.63, 3.8) is 0 Å². The third-order valence-corrected chi connectivity index (χ3v) is 7.22. The third-order valence-electron chi connectivity index (χ3n) is 6.92. The standard InChI is InChI=1S/C29H31ClFN5O2/c1-19(2)18-34-9-11-35(12-10-34)27-15-21(6-7-32-27)24-17-22(31)16-23(28(24)37)20-4-5-26(25(30)14-20)36-13-8-33(3)29(36)38/h4-8,13-17,19,37H,9-12,18H2,1-3H3. The van der Waals surface area contributed by atoms with E-state index in [1.165, 1.54) is 21.3 Å². The lowest BCUT2D eigenvalue weighted by Crippen LogP contribution is -2.47. The second-order valence-corrected chi connectivity index (χ2v) is 10.6. The van der Waals surface area contributed by atoms with Gasteiger partial charge in [-0.05, 0) is 53.4 Å². The van der Waals surface area contributed by atoms with Crippen molar-refractivity contribution in [3.8, 4) is 33.7 Å². The minimum Gasteiger partial charge on any atom is -0.507 e. The zero-order chi connectivity index (χ0) is 27.0. The maximum Gasteiger partial charge on any atom is 0.332 e. The zero-order valence-electron chi connectivity index (χ0n) is 21.7. The van der Waals surface area contributed by atoms with Crippen molar-refractivity contribution in [1.82, 2.24) is 19.0 Å². The summed E-state index contributed by atoms with van der Waals surface area (Å²) >= 11 is 6.53. The van der Waals surface area contributed by atoms with E-state index < -0.39 is 5.82 Å². The van der Waals surface area contributed by atoms with Crippen molar-refractivity contribution in [2.24, 2.45) is 13.0 Å². The minimum atomic E-state index is -0.479. The molecule has 38 heavy (non-hydrogen) atoms. The predicted octanol–water partition coefficient (Wildman–Crippen LogP) is 5.18. The van der Waals surface area contributed by atoms with Gasteiger partial charge in [0.15, 0.2) is 0 Å². The molecule has 9 heteroatoms. The topological polar surface area (TPSA) is 66.5 Å². The number of phenols is 1. The molecule has 1 fully saturated rings. The summed E-state index contributed by atoms with van der Waals surface area (Å²) in [6.07, 6.45) is 4.97. The molecule has 5 rings (SSSR count). The fraction of sp³-hybridized carbons (Fsp3) is 0.310. The summed E-state index contributed by atoms with van der Waals surface area (Å²) in [5, 5.41) is 11.6. The zero-order valence-corrected chi connectivity index (χ0v) is 22.5.